The quantitative estimate of drug-likeness (QED) is 0.128. The molecule has 0 atom stereocenters. The number of para-hydroxylation sites is 5. The lowest BCUT2D eigenvalue weighted by molar-refractivity contribution is 0.660. The van der Waals surface area contributed by atoms with Crippen LogP contribution in [0.1, 0.15) is 25.0 Å². The molecule has 1 aliphatic carbocycles. The van der Waals surface area contributed by atoms with Gasteiger partial charge in [0, 0.05) is 39.5 Å². The molecule has 1 aliphatic rings. The van der Waals surface area contributed by atoms with Crippen molar-refractivity contribution in [2.24, 2.45) is 0 Å². The summed E-state index contributed by atoms with van der Waals surface area (Å²) in [5.41, 5.74) is 19.5. The first-order chi connectivity index (χ1) is 32.5. The first-order valence-corrected chi connectivity index (χ1v) is 22.8. The van der Waals surface area contributed by atoms with Gasteiger partial charge in [0.05, 0.1) is 17.1 Å². The van der Waals surface area contributed by atoms with Gasteiger partial charge in [0.25, 0.3) is 0 Å². The average molecular weight is 848 g/mol. The summed E-state index contributed by atoms with van der Waals surface area (Å²) in [6, 6.07) is 94.2. The lowest BCUT2D eigenvalue weighted by Gasteiger charge is -2.33. The van der Waals surface area contributed by atoms with E-state index in [2.05, 4.69) is 289 Å². The highest BCUT2D eigenvalue weighted by atomic mass is 15.2. The summed E-state index contributed by atoms with van der Waals surface area (Å²) in [5.74, 6) is 0. The van der Waals surface area contributed by atoms with Crippen LogP contribution in [0, 0.1) is 0 Å². The lowest BCUT2D eigenvalue weighted by Crippen LogP contribution is -2.18. The molecule has 0 heterocycles. The Kier molecular flexibility index (Phi) is 10.6. The molecule has 0 amide bonds. The van der Waals surface area contributed by atoms with Gasteiger partial charge in [-0.1, -0.05) is 178 Å². The summed E-state index contributed by atoms with van der Waals surface area (Å²) in [6.45, 7) is 4.76. The van der Waals surface area contributed by atoms with Crippen LogP contribution < -0.4 is 14.7 Å². The van der Waals surface area contributed by atoms with Crippen LogP contribution in [-0.2, 0) is 5.41 Å². The molecule has 316 valence electrons. The average Bonchev–Trinajstić information content (AvgIpc) is 3.61. The number of benzene rings is 10. The van der Waals surface area contributed by atoms with Crippen LogP contribution in [0.15, 0.2) is 261 Å². The Morgan fingerprint density at radius 2 is 0.621 bits per heavy atom. The van der Waals surface area contributed by atoms with Crippen LogP contribution in [-0.4, -0.2) is 0 Å². The number of nitrogens with zero attached hydrogens (tertiary/aromatic N) is 3. The minimum absolute atomic E-state index is 0.252. The Morgan fingerprint density at radius 3 is 1.08 bits per heavy atom. The van der Waals surface area contributed by atoms with Crippen LogP contribution in [0.25, 0.3) is 33.4 Å². The summed E-state index contributed by atoms with van der Waals surface area (Å²) < 4.78 is 0. The summed E-state index contributed by atoms with van der Waals surface area (Å²) >= 11 is 0. The molecule has 0 aliphatic heterocycles. The van der Waals surface area contributed by atoms with Gasteiger partial charge >= 0.3 is 0 Å². The van der Waals surface area contributed by atoms with Gasteiger partial charge in [-0.05, 0) is 142 Å². The molecule has 66 heavy (non-hydrogen) atoms. The van der Waals surface area contributed by atoms with Gasteiger partial charge in [-0.3, -0.25) is 0 Å². The molecule has 11 rings (SSSR count). The molecule has 0 radical (unpaired) electrons. The second-order valence-corrected chi connectivity index (χ2v) is 17.4. The van der Waals surface area contributed by atoms with E-state index in [1.54, 1.807) is 0 Å². The second kappa shape index (κ2) is 17.3. The van der Waals surface area contributed by atoms with Crippen LogP contribution in [0.4, 0.5) is 51.2 Å². The van der Waals surface area contributed by atoms with Gasteiger partial charge < -0.3 is 14.7 Å². The minimum atomic E-state index is -0.252. The zero-order chi connectivity index (χ0) is 44.5. The molecule has 3 heteroatoms. The van der Waals surface area contributed by atoms with Crippen molar-refractivity contribution in [2.75, 3.05) is 14.7 Å². The normalized spacial score (nSPS) is 12.2. The first kappa shape index (κ1) is 40.4. The third-order valence-electron chi connectivity index (χ3n) is 13.0. The molecule has 10 aromatic rings. The van der Waals surface area contributed by atoms with E-state index in [1.165, 1.54) is 44.5 Å². The zero-order valence-electron chi connectivity index (χ0n) is 37.2. The fraction of sp³-hybridized carbons (Fsp3) is 0.0476. The number of anilines is 9. The van der Waals surface area contributed by atoms with Crippen molar-refractivity contribution < 1.29 is 0 Å². The Labute approximate surface area is 388 Å². The smallest absolute Gasteiger partial charge is 0.0503 e. The Morgan fingerprint density at radius 1 is 0.242 bits per heavy atom. The monoisotopic (exact) mass is 847 g/mol. The number of fused-ring (bicyclic) bond motifs is 3. The Balaban J connectivity index is 1.12. The first-order valence-electron chi connectivity index (χ1n) is 22.8. The van der Waals surface area contributed by atoms with Crippen molar-refractivity contribution in [2.45, 2.75) is 19.3 Å². The fourth-order valence-corrected chi connectivity index (χ4v) is 9.85. The van der Waals surface area contributed by atoms with E-state index in [1.807, 2.05) is 0 Å². The summed E-state index contributed by atoms with van der Waals surface area (Å²) in [7, 11) is 0. The maximum absolute atomic E-state index is 2.44. The van der Waals surface area contributed by atoms with E-state index >= 15 is 0 Å². The van der Waals surface area contributed by atoms with Crippen molar-refractivity contribution in [3.8, 4) is 33.4 Å². The van der Waals surface area contributed by atoms with Crippen molar-refractivity contribution in [3.63, 3.8) is 0 Å². The molecule has 0 saturated carbocycles. The van der Waals surface area contributed by atoms with E-state index in [0.29, 0.717) is 0 Å². The van der Waals surface area contributed by atoms with E-state index in [9.17, 15) is 0 Å². The predicted octanol–water partition coefficient (Wildman–Crippen LogP) is 17.7. The van der Waals surface area contributed by atoms with E-state index in [4.69, 9.17) is 0 Å². The third kappa shape index (κ3) is 7.51. The summed E-state index contributed by atoms with van der Waals surface area (Å²) in [4.78, 5) is 7.15. The molecular formula is C63H49N3. The van der Waals surface area contributed by atoms with Gasteiger partial charge in [0.2, 0.25) is 0 Å². The molecular weight excluding hydrogens is 799 g/mol. The fourth-order valence-electron chi connectivity index (χ4n) is 9.85. The summed E-state index contributed by atoms with van der Waals surface area (Å²) in [6.07, 6.45) is 0. The van der Waals surface area contributed by atoms with Crippen LogP contribution >= 0.6 is 0 Å². The SMILES string of the molecule is CC1(C)c2cc(N(c3ccccc3)c3cc(N(c4ccccc4)c4ccccc4)cc(N(c4ccccc4)c4ccccc4)c3)ccc2-c2c(-c3cccc(-c4ccccc4)c3)cccc21. The minimum Gasteiger partial charge on any atom is -0.310 e. The lowest BCUT2D eigenvalue weighted by atomic mass is 9.81. The van der Waals surface area contributed by atoms with Gasteiger partial charge in [-0.15, -0.1) is 0 Å². The number of rotatable bonds is 11. The predicted molar refractivity (Wildman–Crippen MR) is 279 cm³/mol. The van der Waals surface area contributed by atoms with Gasteiger partial charge in [-0.2, -0.15) is 0 Å². The Bertz CT molecular complexity index is 3080. The van der Waals surface area contributed by atoms with Gasteiger partial charge in [0.15, 0.2) is 0 Å². The molecule has 3 nitrogen and oxygen atoms in total. The van der Waals surface area contributed by atoms with Crippen molar-refractivity contribution in [1.29, 1.82) is 0 Å². The number of hydrogen-bond donors (Lipinski definition) is 0. The second-order valence-electron chi connectivity index (χ2n) is 17.4. The molecule has 0 spiro atoms. The Hall–Kier alpha value is -8.40. The topological polar surface area (TPSA) is 9.72 Å². The maximum atomic E-state index is 2.44. The van der Waals surface area contributed by atoms with Gasteiger partial charge in [0.1, 0.15) is 0 Å². The standard InChI is InChI=1S/C63H49N3/c1-63(2)60-38-22-37-58(48-26-21-25-47(41-48)46-23-9-3-10-24-46)62(60)59-40-39-54(45-61(59)63)66(53-35-19-8-20-36-53)57-43-55(64(49-27-11-4-12-28-49)50-29-13-5-14-30-50)42-56(44-57)65(51-31-15-6-16-32-51)52-33-17-7-18-34-52/h3-45H,1-2H3. The van der Waals surface area contributed by atoms with Crippen LogP contribution in [0.3, 0.4) is 0 Å². The third-order valence-corrected chi connectivity index (χ3v) is 13.0. The van der Waals surface area contributed by atoms with E-state index in [0.717, 1.165) is 51.2 Å². The highest BCUT2D eigenvalue weighted by Crippen LogP contribution is 2.54. The number of hydrogen-bond acceptors (Lipinski definition) is 3. The highest BCUT2D eigenvalue weighted by molar-refractivity contribution is 5.96. The van der Waals surface area contributed by atoms with Crippen LogP contribution in [0.2, 0.25) is 0 Å². The molecule has 0 fully saturated rings. The van der Waals surface area contributed by atoms with Crippen molar-refractivity contribution in [3.05, 3.63) is 272 Å². The maximum Gasteiger partial charge on any atom is 0.0503 e. The van der Waals surface area contributed by atoms with E-state index in [-0.39, 0.29) is 5.41 Å². The molecule has 0 bridgehead atoms. The molecule has 10 aromatic carbocycles. The summed E-state index contributed by atoms with van der Waals surface area (Å²) in [5, 5.41) is 0. The zero-order valence-corrected chi connectivity index (χ0v) is 37.2. The van der Waals surface area contributed by atoms with Crippen molar-refractivity contribution in [1.82, 2.24) is 0 Å². The largest absolute Gasteiger partial charge is 0.310 e. The molecule has 0 aromatic heterocycles. The molecule has 0 unspecified atom stereocenters. The van der Waals surface area contributed by atoms with Gasteiger partial charge in [-0.25, -0.2) is 0 Å². The highest BCUT2D eigenvalue weighted by Gasteiger charge is 2.37. The van der Waals surface area contributed by atoms with E-state index < -0.39 is 0 Å². The molecule has 0 N–H and O–H groups in total. The molecule has 0 saturated heterocycles. The van der Waals surface area contributed by atoms with Crippen molar-refractivity contribution >= 4 is 51.2 Å². The van der Waals surface area contributed by atoms with Crippen LogP contribution in [0.5, 0.6) is 0 Å².